The number of para-hydroxylation sites is 1. The molecular formula is C24H28FN2O10P. The lowest BCUT2D eigenvalue weighted by Crippen LogP contribution is -2.52. The highest BCUT2D eigenvalue weighted by atomic mass is 31.2. The summed E-state index contributed by atoms with van der Waals surface area (Å²) in [6.45, 7) is 1.73. The van der Waals surface area contributed by atoms with Crippen LogP contribution in [0.3, 0.4) is 0 Å². The number of alkyl halides is 1. The van der Waals surface area contributed by atoms with Crippen molar-refractivity contribution in [2.45, 2.75) is 63.3 Å². The number of esters is 2. The number of hydrogen-bond acceptors (Lipinski definition) is 10. The van der Waals surface area contributed by atoms with E-state index in [2.05, 4.69) is 5.09 Å². The molecule has 12 nitrogen and oxygen atoms in total. The Labute approximate surface area is 218 Å². The molecule has 0 radical (unpaired) electrons. The van der Waals surface area contributed by atoms with Gasteiger partial charge in [0.05, 0.1) is 19.6 Å². The Kier molecular flexibility index (Phi) is 8.31. The summed E-state index contributed by atoms with van der Waals surface area (Å²) in [6, 6.07) is 6.87. The van der Waals surface area contributed by atoms with Crippen LogP contribution in [-0.4, -0.2) is 71.9 Å². The van der Waals surface area contributed by atoms with Crippen LogP contribution in [0.2, 0.25) is 0 Å². The molecule has 1 aromatic carbocycles. The Balaban J connectivity index is 1.64. The standard InChI is InChI=1S/C24H28FN2O10P/c1-15-22(31)33-12-6-9-20(30)36-21-18(14-34-38(32,26-15)37-17-7-4-3-5-8-17)35-23(24(21,2)25)27-11-10-16(28)13-19(27)29/h3-5,7-8,10-11,15,18,21,23H,6,9,12-14H2,1-2H3,(H,26,32)/t15-,18+,21+,23+,24+,38?/m0/s1. The third kappa shape index (κ3) is 6.29. The van der Waals surface area contributed by atoms with Crippen LogP contribution in [0.1, 0.15) is 33.1 Å². The Hall–Kier alpha value is -3.12. The fourth-order valence-corrected chi connectivity index (χ4v) is 5.67. The lowest BCUT2D eigenvalue weighted by Gasteiger charge is -2.33. The lowest BCUT2D eigenvalue weighted by atomic mass is 9.97. The van der Waals surface area contributed by atoms with Gasteiger partial charge in [0.25, 0.3) is 0 Å². The van der Waals surface area contributed by atoms with Crippen LogP contribution in [-0.2, 0) is 42.5 Å². The topological polar surface area (TPSA) is 147 Å². The Morgan fingerprint density at radius 1 is 1.18 bits per heavy atom. The maximum atomic E-state index is 16.2. The lowest BCUT2D eigenvalue weighted by molar-refractivity contribution is -0.160. The van der Waals surface area contributed by atoms with Crippen molar-refractivity contribution in [2.24, 2.45) is 0 Å². The van der Waals surface area contributed by atoms with E-state index in [1.54, 1.807) is 18.2 Å². The monoisotopic (exact) mass is 554 g/mol. The van der Waals surface area contributed by atoms with Crippen LogP contribution < -0.4 is 9.61 Å². The summed E-state index contributed by atoms with van der Waals surface area (Å²) in [5, 5.41) is 2.51. The number of rotatable bonds is 3. The van der Waals surface area contributed by atoms with Crippen molar-refractivity contribution in [3.05, 3.63) is 42.6 Å². The summed E-state index contributed by atoms with van der Waals surface area (Å²) in [5.41, 5.74) is -2.45. The van der Waals surface area contributed by atoms with E-state index in [4.69, 9.17) is 23.3 Å². The maximum absolute atomic E-state index is 16.2. The van der Waals surface area contributed by atoms with Gasteiger partial charge in [-0.15, -0.1) is 0 Å². The van der Waals surface area contributed by atoms with Gasteiger partial charge in [0.2, 0.25) is 5.91 Å². The predicted molar refractivity (Wildman–Crippen MR) is 127 cm³/mol. The minimum absolute atomic E-state index is 0.0894. The van der Waals surface area contributed by atoms with Crippen molar-refractivity contribution >= 4 is 31.4 Å². The van der Waals surface area contributed by atoms with Crippen molar-refractivity contribution in [2.75, 3.05) is 13.2 Å². The van der Waals surface area contributed by atoms with Crippen LogP contribution in [0.25, 0.3) is 0 Å². The predicted octanol–water partition coefficient (Wildman–Crippen LogP) is 2.19. The fraction of sp³-hybridized carbons (Fsp3) is 0.500. The van der Waals surface area contributed by atoms with E-state index in [9.17, 15) is 23.7 Å². The largest absolute Gasteiger partial charge is 0.465 e. The van der Waals surface area contributed by atoms with Gasteiger partial charge in [0.15, 0.2) is 23.8 Å². The maximum Gasteiger partial charge on any atom is 0.459 e. The van der Waals surface area contributed by atoms with Gasteiger partial charge in [0, 0.05) is 12.6 Å². The molecule has 4 rings (SSSR count). The number of ketones is 1. The minimum atomic E-state index is -4.32. The molecule has 38 heavy (non-hydrogen) atoms. The van der Waals surface area contributed by atoms with Crippen LogP contribution in [0, 0.1) is 0 Å². The van der Waals surface area contributed by atoms with Gasteiger partial charge in [-0.2, -0.15) is 5.09 Å². The molecule has 0 spiro atoms. The van der Waals surface area contributed by atoms with E-state index in [0.29, 0.717) is 0 Å². The van der Waals surface area contributed by atoms with Gasteiger partial charge in [-0.3, -0.25) is 28.6 Å². The van der Waals surface area contributed by atoms with E-state index in [1.807, 2.05) is 0 Å². The van der Waals surface area contributed by atoms with Crippen molar-refractivity contribution in [1.29, 1.82) is 0 Å². The molecule has 2 fully saturated rings. The Morgan fingerprint density at radius 3 is 2.63 bits per heavy atom. The molecule has 0 aliphatic carbocycles. The van der Waals surface area contributed by atoms with Gasteiger partial charge in [0.1, 0.15) is 17.9 Å². The molecule has 1 amide bonds. The molecule has 3 aliphatic rings. The number of nitrogens with one attached hydrogen (secondary N) is 1. The first-order chi connectivity index (χ1) is 18.0. The molecule has 1 unspecified atom stereocenters. The van der Waals surface area contributed by atoms with Crippen LogP contribution in [0.5, 0.6) is 5.75 Å². The summed E-state index contributed by atoms with van der Waals surface area (Å²) in [4.78, 5) is 49.9. The first kappa shape index (κ1) is 27.9. The molecule has 2 saturated heterocycles. The minimum Gasteiger partial charge on any atom is -0.465 e. The molecule has 6 atom stereocenters. The first-order valence-corrected chi connectivity index (χ1v) is 13.5. The van der Waals surface area contributed by atoms with Crippen molar-refractivity contribution in [3.63, 3.8) is 0 Å². The van der Waals surface area contributed by atoms with Crippen molar-refractivity contribution in [3.8, 4) is 5.75 Å². The van der Waals surface area contributed by atoms with E-state index in [-0.39, 0.29) is 25.2 Å². The van der Waals surface area contributed by atoms with Crippen molar-refractivity contribution in [1.82, 2.24) is 9.99 Å². The second kappa shape index (κ2) is 11.3. The summed E-state index contributed by atoms with van der Waals surface area (Å²) >= 11 is 0. The number of carbonyl (C=O) groups is 4. The van der Waals surface area contributed by atoms with Gasteiger partial charge < -0.3 is 18.7 Å². The number of nitrogens with zero attached hydrogens (tertiary/aromatic N) is 1. The highest BCUT2D eigenvalue weighted by Crippen LogP contribution is 2.47. The fourth-order valence-electron chi connectivity index (χ4n) is 4.17. The quantitative estimate of drug-likeness (QED) is 0.333. The van der Waals surface area contributed by atoms with Gasteiger partial charge in [-0.25, -0.2) is 8.96 Å². The van der Waals surface area contributed by atoms with Crippen LogP contribution in [0.4, 0.5) is 4.39 Å². The summed E-state index contributed by atoms with van der Waals surface area (Å²) in [6.07, 6.45) is -2.84. The second-order valence-electron chi connectivity index (χ2n) is 9.17. The number of cyclic esters (lactones) is 1. The molecule has 14 heteroatoms. The van der Waals surface area contributed by atoms with E-state index in [1.165, 1.54) is 19.1 Å². The highest BCUT2D eigenvalue weighted by molar-refractivity contribution is 7.52. The first-order valence-electron chi connectivity index (χ1n) is 12.0. The molecule has 206 valence electrons. The van der Waals surface area contributed by atoms with Crippen LogP contribution >= 0.6 is 7.75 Å². The summed E-state index contributed by atoms with van der Waals surface area (Å²) in [7, 11) is -4.32. The van der Waals surface area contributed by atoms with Crippen molar-refractivity contribution < 1.29 is 51.4 Å². The average Bonchev–Trinajstić information content (AvgIpc) is 3.10. The van der Waals surface area contributed by atoms with Gasteiger partial charge >= 0.3 is 19.7 Å². The number of fused-ring (bicyclic) bond motifs is 1. The number of halogens is 1. The Morgan fingerprint density at radius 2 is 1.92 bits per heavy atom. The normalized spacial score (nSPS) is 35.2. The number of ether oxygens (including phenoxy) is 3. The molecule has 3 aliphatic heterocycles. The molecule has 0 aromatic heterocycles. The third-order valence-electron chi connectivity index (χ3n) is 6.08. The molecule has 1 N–H and O–H groups in total. The molecule has 1 aromatic rings. The molecule has 0 saturated carbocycles. The number of amides is 1. The number of hydrogen-bond donors (Lipinski definition) is 1. The zero-order chi connectivity index (χ0) is 27.5. The SMILES string of the molecule is C[C@@H]1NP(=O)(Oc2ccccc2)OC[C@H]2O[C@@H](N3C=CC(=O)CC3=O)[C@](C)(F)[C@@H]2OC(=O)CCCOC1=O. The zero-order valence-electron chi connectivity index (χ0n) is 20.7. The van der Waals surface area contributed by atoms with Gasteiger partial charge in [-0.1, -0.05) is 18.2 Å². The van der Waals surface area contributed by atoms with E-state index in [0.717, 1.165) is 24.1 Å². The van der Waals surface area contributed by atoms with E-state index < -0.39 is 74.5 Å². The van der Waals surface area contributed by atoms with Gasteiger partial charge in [-0.05, 0) is 38.5 Å². The Bertz CT molecular complexity index is 1160. The number of carbonyl (C=O) groups excluding carboxylic acids is 4. The number of benzene rings is 1. The average molecular weight is 554 g/mol. The molecule has 3 heterocycles. The third-order valence-corrected chi connectivity index (χ3v) is 7.72. The molecule has 0 bridgehead atoms. The molecular weight excluding hydrogens is 526 g/mol. The second-order valence-corrected chi connectivity index (χ2v) is 10.9. The smallest absolute Gasteiger partial charge is 0.459 e. The summed E-state index contributed by atoms with van der Waals surface area (Å²) < 4.78 is 57.4. The van der Waals surface area contributed by atoms with E-state index >= 15 is 4.39 Å². The zero-order valence-corrected chi connectivity index (χ0v) is 21.6. The summed E-state index contributed by atoms with van der Waals surface area (Å²) in [5.74, 6) is -2.55. The van der Waals surface area contributed by atoms with Crippen LogP contribution in [0.15, 0.2) is 42.6 Å². The highest BCUT2D eigenvalue weighted by Gasteiger charge is 2.60. The number of allylic oxidation sites excluding steroid dienone is 1.